The number of hydrogen-bond acceptors (Lipinski definition) is 4. The fourth-order valence-electron chi connectivity index (χ4n) is 8.08. The lowest BCUT2D eigenvalue weighted by Gasteiger charge is -2.26. The third kappa shape index (κ3) is 5.41. The first-order valence-corrected chi connectivity index (χ1v) is 18.4. The van der Waals surface area contributed by atoms with Crippen molar-refractivity contribution in [2.75, 3.05) is 0 Å². The van der Waals surface area contributed by atoms with Gasteiger partial charge < -0.3 is 4.74 Å². The molecular weight excluding hydrogens is 647 g/mol. The van der Waals surface area contributed by atoms with E-state index in [4.69, 9.17) is 19.7 Å². The van der Waals surface area contributed by atoms with Crippen LogP contribution in [0.15, 0.2) is 164 Å². The van der Waals surface area contributed by atoms with E-state index >= 15 is 0 Å². The zero-order chi connectivity index (χ0) is 35.5. The molecule has 4 nitrogen and oxygen atoms in total. The van der Waals surface area contributed by atoms with Gasteiger partial charge in [0.2, 0.25) is 0 Å². The average Bonchev–Trinajstić information content (AvgIpc) is 3.51. The molecule has 7 aromatic rings. The van der Waals surface area contributed by atoms with E-state index in [1.807, 2.05) is 0 Å². The van der Waals surface area contributed by atoms with Crippen molar-refractivity contribution in [3.8, 4) is 51.0 Å². The Bertz CT molecular complexity index is 2720. The monoisotopic (exact) mass is 683 g/mol. The van der Waals surface area contributed by atoms with Gasteiger partial charge in [0.05, 0.1) is 5.41 Å². The highest BCUT2D eigenvalue weighted by molar-refractivity contribution is 6.04. The summed E-state index contributed by atoms with van der Waals surface area (Å²) in [5.74, 6) is 3.45. The van der Waals surface area contributed by atoms with E-state index in [0.717, 1.165) is 56.1 Å². The minimum Gasteiger partial charge on any atom is -0.485 e. The molecule has 0 amide bonds. The van der Waals surface area contributed by atoms with E-state index in [1.54, 1.807) is 0 Å². The summed E-state index contributed by atoms with van der Waals surface area (Å²) in [4.78, 5) is 15.5. The quantitative estimate of drug-likeness (QED) is 0.181. The van der Waals surface area contributed by atoms with Gasteiger partial charge in [-0.25, -0.2) is 15.0 Å². The fourth-order valence-corrected chi connectivity index (χ4v) is 8.08. The molecule has 0 N–H and O–H groups in total. The molecule has 254 valence electrons. The van der Waals surface area contributed by atoms with Crippen LogP contribution in [0, 0.1) is 5.92 Å². The van der Waals surface area contributed by atoms with E-state index < -0.39 is 0 Å². The van der Waals surface area contributed by atoms with Crippen molar-refractivity contribution in [3.63, 3.8) is 0 Å². The average molecular weight is 684 g/mol. The maximum absolute atomic E-state index is 6.49. The van der Waals surface area contributed by atoms with E-state index in [0.29, 0.717) is 23.4 Å². The number of hydrogen-bond donors (Lipinski definition) is 0. The normalized spacial score (nSPS) is 19.9. The Morgan fingerprint density at radius 1 is 0.604 bits per heavy atom. The first-order chi connectivity index (χ1) is 26.0. The van der Waals surface area contributed by atoms with Gasteiger partial charge >= 0.3 is 0 Å². The van der Waals surface area contributed by atoms with Crippen LogP contribution in [-0.2, 0) is 5.41 Å². The third-order valence-corrected chi connectivity index (χ3v) is 11.2. The summed E-state index contributed by atoms with van der Waals surface area (Å²) in [5, 5.41) is 4.55. The molecule has 1 aromatic heterocycles. The van der Waals surface area contributed by atoms with E-state index in [1.165, 1.54) is 22.1 Å². The van der Waals surface area contributed by atoms with Gasteiger partial charge in [0.25, 0.3) is 0 Å². The first-order valence-electron chi connectivity index (χ1n) is 18.4. The Labute approximate surface area is 309 Å². The Balaban J connectivity index is 1.10. The lowest BCUT2D eigenvalue weighted by Crippen LogP contribution is -2.32. The number of aromatic nitrogens is 3. The van der Waals surface area contributed by atoms with Crippen LogP contribution in [0.4, 0.5) is 0 Å². The highest BCUT2D eigenvalue weighted by Gasteiger charge is 2.43. The maximum atomic E-state index is 6.49. The second kappa shape index (κ2) is 12.4. The molecular formula is C49H37N3O. The van der Waals surface area contributed by atoms with Gasteiger partial charge in [-0.05, 0) is 81.3 Å². The molecule has 0 saturated heterocycles. The predicted molar refractivity (Wildman–Crippen MR) is 218 cm³/mol. The maximum Gasteiger partial charge on any atom is 0.164 e. The minimum atomic E-state index is -0.156. The molecule has 1 aliphatic heterocycles. The van der Waals surface area contributed by atoms with Crippen molar-refractivity contribution in [1.82, 2.24) is 15.0 Å². The number of fused-ring (bicyclic) bond motifs is 5. The summed E-state index contributed by atoms with van der Waals surface area (Å²) in [5.41, 5.74) is 8.64. The van der Waals surface area contributed by atoms with Crippen LogP contribution < -0.4 is 4.74 Å². The summed E-state index contributed by atoms with van der Waals surface area (Å²) in [6.45, 7) is 4.50. The Hall–Kier alpha value is -6.39. The van der Waals surface area contributed by atoms with Crippen LogP contribution in [0.1, 0.15) is 31.4 Å². The molecule has 3 aliphatic rings. The van der Waals surface area contributed by atoms with Gasteiger partial charge in [-0.1, -0.05) is 153 Å². The minimum absolute atomic E-state index is 0.00732. The first kappa shape index (κ1) is 31.4. The zero-order valence-corrected chi connectivity index (χ0v) is 29.7. The molecule has 0 saturated carbocycles. The van der Waals surface area contributed by atoms with Gasteiger partial charge in [0.1, 0.15) is 11.9 Å². The van der Waals surface area contributed by atoms with Gasteiger partial charge in [-0.3, -0.25) is 0 Å². The molecule has 4 heteroatoms. The van der Waals surface area contributed by atoms with Crippen molar-refractivity contribution in [2.45, 2.75) is 31.8 Å². The van der Waals surface area contributed by atoms with E-state index in [9.17, 15) is 0 Å². The van der Waals surface area contributed by atoms with Gasteiger partial charge in [-0.2, -0.15) is 0 Å². The molecule has 2 aliphatic carbocycles. The smallest absolute Gasteiger partial charge is 0.164 e. The summed E-state index contributed by atoms with van der Waals surface area (Å²) >= 11 is 0. The standard InChI is InChI=1S/C49H37N3O/c1-31-16-18-33(19-17-31)34-20-23-35(24-21-34)46-50-47(38-25-22-32-9-3-4-10-36(32)29-38)52-48(51-46)42-14-8-12-40-39(11-7-13-41(40)42)37-26-27-43-44(30-37)53-45-15-5-6-28-49(43,45)2/h3-16,18-31,45H,17H2,1-2H3. The van der Waals surface area contributed by atoms with Crippen LogP contribution in [0.2, 0.25) is 0 Å². The largest absolute Gasteiger partial charge is 0.485 e. The van der Waals surface area contributed by atoms with E-state index in [-0.39, 0.29) is 11.5 Å². The number of ether oxygens (including phenoxy) is 1. The highest BCUT2D eigenvalue weighted by atomic mass is 16.5. The van der Waals surface area contributed by atoms with Crippen molar-refractivity contribution in [3.05, 3.63) is 175 Å². The van der Waals surface area contributed by atoms with Crippen molar-refractivity contribution < 1.29 is 4.74 Å². The Kier molecular flexibility index (Phi) is 7.33. The molecule has 0 radical (unpaired) electrons. The SMILES string of the molecule is CC1C=CC(c2ccc(-c3nc(-c4ccc5ccccc5c4)nc(-c4cccc5c(-c6ccc7c(c6)OC6C=CC=CC76C)cccc45)n3)cc2)=CC1. The van der Waals surface area contributed by atoms with Crippen LogP contribution in [-0.4, -0.2) is 21.1 Å². The van der Waals surface area contributed by atoms with Crippen LogP contribution in [0.5, 0.6) is 5.75 Å². The lowest BCUT2D eigenvalue weighted by atomic mass is 9.76. The predicted octanol–water partition coefficient (Wildman–Crippen LogP) is 12.0. The number of rotatable bonds is 5. The lowest BCUT2D eigenvalue weighted by molar-refractivity contribution is 0.228. The molecule has 3 unspecified atom stereocenters. The van der Waals surface area contributed by atoms with Crippen LogP contribution in [0.3, 0.4) is 0 Å². The topological polar surface area (TPSA) is 47.9 Å². The summed E-state index contributed by atoms with van der Waals surface area (Å²) in [7, 11) is 0. The number of benzene rings is 6. The molecule has 2 heterocycles. The highest BCUT2D eigenvalue weighted by Crippen LogP contribution is 2.48. The van der Waals surface area contributed by atoms with Crippen LogP contribution >= 0.6 is 0 Å². The summed E-state index contributed by atoms with van der Waals surface area (Å²) in [6.07, 6.45) is 16.5. The molecule has 6 aromatic carbocycles. The summed E-state index contributed by atoms with van der Waals surface area (Å²) in [6, 6.07) is 43.0. The van der Waals surface area contributed by atoms with Crippen molar-refractivity contribution >= 4 is 27.1 Å². The second-order valence-electron chi connectivity index (χ2n) is 14.7. The fraction of sp³-hybridized carbons (Fsp3) is 0.122. The van der Waals surface area contributed by atoms with Gasteiger partial charge in [-0.15, -0.1) is 0 Å². The number of allylic oxidation sites excluding steroid dienone is 6. The van der Waals surface area contributed by atoms with Crippen molar-refractivity contribution in [1.29, 1.82) is 0 Å². The Morgan fingerprint density at radius 3 is 2.11 bits per heavy atom. The molecule has 3 atom stereocenters. The summed E-state index contributed by atoms with van der Waals surface area (Å²) < 4.78 is 6.49. The molecule has 0 bridgehead atoms. The molecule has 0 fully saturated rings. The second-order valence-corrected chi connectivity index (χ2v) is 14.7. The Morgan fingerprint density at radius 2 is 1.30 bits per heavy atom. The van der Waals surface area contributed by atoms with Gasteiger partial charge in [0, 0.05) is 22.3 Å². The van der Waals surface area contributed by atoms with Crippen molar-refractivity contribution in [2.24, 2.45) is 5.92 Å². The molecule has 10 rings (SSSR count). The van der Waals surface area contributed by atoms with Crippen LogP contribution in [0.25, 0.3) is 72.4 Å². The van der Waals surface area contributed by atoms with E-state index in [2.05, 4.69) is 178 Å². The van der Waals surface area contributed by atoms with Gasteiger partial charge in [0.15, 0.2) is 17.5 Å². The number of nitrogens with zero attached hydrogens (tertiary/aromatic N) is 3. The molecule has 53 heavy (non-hydrogen) atoms. The molecule has 0 spiro atoms. The third-order valence-electron chi connectivity index (χ3n) is 11.2. The zero-order valence-electron chi connectivity index (χ0n) is 29.7.